The van der Waals surface area contributed by atoms with E-state index in [1.54, 1.807) is 0 Å². The van der Waals surface area contributed by atoms with E-state index >= 15 is 0 Å². The normalized spacial score (nSPS) is 14.2. The van der Waals surface area contributed by atoms with Crippen molar-refractivity contribution in [3.8, 4) is 0 Å². The first-order valence-electron chi connectivity index (χ1n) is 27.8. The lowest BCUT2D eigenvalue weighted by molar-refractivity contribution is -0.161. The minimum Gasteiger partial charge on any atom is -0.462 e. The molecule has 0 spiro atoms. The van der Waals surface area contributed by atoms with E-state index in [4.69, 9.17) is 23.3 Å². The van der Waals surface area contributed by atoms with Gasteiger partial charge in [-0.15, -0.1) is 0 Å². The number of carbonyl (C=O) groups excluding carboxylic acids is 3. The Balaban J connectivity index is 4.88. The number of allylic oxidation sites excluding steroid dienone is 18. The van der Waals surface area contributed by atoms with Crippen molar-refractivity contribution in [1.82, 2.24) is 0 Å². The van der Waals surface area contributed by atoms with Gasteiger partial charge in [0.1, 0.15) is 12.7 Å². The summed E-state index contributed by atoms with van der Waals surface area (Å²) in [6, 6.07) is 0. The molecule has 72 heavy (non-hydrogen) atoms. The lowest BCUT2D eigenvalue weighted by atomic mass is 10.1. The Morgan fingerprint density at radius 3 is 1.26 bits per heavy atom. The average molecular weight is 1030 g/mol. The molecule has 0 bridgehead atoms. The average Bonchev–Trinajstić information content (AvgIpc) is 3.37. The predicted molar refractivity (Wildman–Crippen MR) is 297 cm³/mol. The van der Waals surface area contributed by atoms with Crippen molar-refractivity contribution in [2.24, 2.45) is 0 Å². The molecule has 0 aromatic heterocycles. The molecule has 2 N–H and O–H groups in total. The third kappa shape index (κ3) is 51.1. The van der Waals surface area contributed by atoms with Gasteiger partial charge < -0.3 is 24.2 Å². The zero-order valence-corrected chi connectivity index (χ0v) is 46.0. The highest BCUT2D eigenvalue weighted by Gasteiger charge is 2.28. The number of hydrogen-bond acceptors (Lipinski definition) is 10. The predicted octanol–water partition coefficient (Wildman–Crippen LogP) is 16.2. The standard InChI is InChI=1S/C60H99O11P/c1-4-7-10-13-16-19-22-25-26-27-28-29-30-33-36-39-42-45-48-51-60(64)71-57(53-67-58(62)49-46-43-40-37-34-31-23-20-17-14-11-8-5-2)55-69-72(65,66)68-54-56(52-61)70-59(63)50-47-44-41-38-35-32-24-21-18-15-12-9-6-3/h7,10-11,14,16,19-21,23-26,28-29,33,36,42,45,56-57,61H,4-6,8-9,12-13,15,17-18,22,27,30-32,34-35,37-41,43-44,46-55H2,1-3H3,(H,65,66)/b10-7-,14-11-,19-16-,23-20-,24-21-,26-25-,29-28-,36-33-,45-42-. The van der Waals surface area contributed by atoms with E-state index in [1.165, 1.54) is 25.7 Å². The molecule has 0 fully saturated rings. The zero-order valence-electron chi connectivity index (χ0n) is 45.1. The molecule has 0 radical (unpaired) electrons. The summed E-state index contributed by atoms with van der Waals surface area (Å²) in [5.41, 5.74) is 0. The van der Waals surface area contributed by atoms with Crippen molar-refractivity contribution in [2.75, 3.05) is 26.4 Å². The van der Waals surface area contributed by atoms with Crippen LogP contribution in [0, 0.1) is 0 Å². The second-order valence-corrected chi connectivity index (χ2v) is 19.5. The van der Waals surface area contributed by atoms with Gasteiger partial charge in [0, 0.05) is 19.3 Å². The fourth-order valence-electron chi connectivity index (χ4n) is 6.94. The van der Waals surface area contributed by atoms with Gasteiger partial charge in [-0.25, -0.2) is 4.57 Å². The summed E-state index contributed by atoms with van der Waals surface area (Å²) in [5, 5.41) is 9.79. The molecular formula is C60H99O11P. The van der Waals surface area contributed by atoms with Gasteiger partial charge in [-0.05, 0) is 109 Å². The molecule has 12 heteroatoms. The van der Waals surface area contributed by atoms with Crippen LogP contribution in [-0.2, 0) is 42.2 Å². The van der Waals surface area contributed by atoms with E-state index in [1.807, 2.05) is 12.2 Å². The topological polar surface area (TPSA) is 155 Å². The van der Waals surface area contributed by atoms with Crippen LogP contribution in [0.5, 0.6) is 0 Å². The van der Waals surface area contributed by atoms with Crippen LogP contribution in [0.3, 0.4) is 0 Å². The molecule has 0 aliphatic carbocycles. The number of carbonyl (C=O) groups is 3. The first-order valence-corrected chi connectivity index (χ1v) is 29.3. The monoisotopic (exact) mass is 1030 g/mol. The summed E-state index contributed by atoms with van der Waals surface area (Å²) in [7, 11) is -4.78. The van der Waals surface area contributed by atoms with Crippen molar-refractivity contribution < 1.29 is 52.2 Å². The smallest absolute Gasteiger partial charge is 0.462 e. The number of ether oxygens (including phenoxy) is 3. The number of phosphoric acid groups is 1. The molecule has 0 aromatic carbocycles. The first kappa shape index (κ1) is 68.1. The largest absolute Gasteiger partial charge is 0.472 e. The van der Waals surface area contributed by atoms with Crippen LogP contribution >= 0.6 is 7.82 Å². The van der Waals surface area contributed by atoms with Gasteiger partial charge in [-0.1, -0.05) is 194 Å². The summed E-state index contributed by atoms with van der Waals surface area (Å²) >= 11 is 0. The molecule has 3 atom stereocenters. The summed E-state index contributed by atoms with van der Waals surface area (Å²) in [6.45, 7) is 4.32. The molecule has 0 amide bonds. The number of phosphoric ester groups is 1. The number of esters is 3. The molecule has 0 saturated carbocycles. The van der Waals surface area contributed by atoms with Crippen LogP contribution < -0.4 is 0 Å². The van der Waals surface area contributed by atoms with Crippen LogP contribution in [0.1, 0.15) is 213 Å². The Bertz CT molecular complexity index is 1620. The minimum absolute atomic E-state index is 0.0339. The molecule has 0 aliphatic rings. The van der Waals surface area contributed by atoms with E-state index in [2.05, 4.69) is 118 Å². The van der Waals surface area contributed by atoms with Crippen molar-refractivity contribution in [2.45, 2.75) is 226 Å². The molecule has 3 unspecified atom stereocenters. The van der Waals surface area contributed by atoms with Crippen molar-refractivity contribution in [3.05, 3.63) is 109 Å². The third-order valence-corrected chi connectivity index (χ3v) is 12.1. The van der Waals surface area contributed by atoms with Crippen LogP contribution in [0.2, 0.25) is 0 Å². The maximum absolute atomic E-state index is 12.9. The maximum Gasteiger partial charge on any atom is 0.472 e. The molecule has 0 rings (SSSR count). The van der Waals surface area contributed by atoms with Gasteiger partial charge in [-0.3, -0.25) is 23.4 Å². The molecule has 0 heterocycles. The lowest BCUT2D eigenvalue weighted by Gasteiger charge is -2.21. The molecular weight excluding hydrogens is 928 g/mol. The zero-order chi connectivity index (χ0) is 52.7. The Morgan fingerprint density at radius 2 is 0.778 bits per heavy atom. The third-order valence-electron chi connectivity index (χ3n) is 11.1. The van der Waals surface area contributed by atoms with Gasteiger partial charge in [-0.2, -0.15) is 0 Å². The van der Waals surface area contributed by atoms with Crippen LogP contribution in [0.25, 0.3) is 0 Å². The van der Waals surface area contributed by atoms with E-state index in [-0.39, 0.29) is 25.9 Å². The Labute approximate surface area is 437 Å². The summed E-state index contributed by atoms with van der Waals surface area (Å²) < 4.78 is 39.3. The van der Waals surface area contributed by atoms with E-state index in [0.29, 0.717) is 25.7 Å². The van der Waals surface area contributed by atoms with Gasteiger partial charge in [0.25, 0.3) is 0 Å². The minimum atomic E-state index is -4.78. The van der Waals surface area contributed by atoms with Gasteiger partial charge >= 0.3 is 25.7 Å². The molecule has 0 aromatic rings. The molecule has 0 saturated heterocycles. The van der Waals surface area contributed by atoms with Crippen LogP contribution in [0.15, 0.2) is 109 Å². The summed E-state index contributed by atoms with van der Waals surface area (Å²) in [5.74, 6) is -1.60. The number of aliphatic hydroxyl groups excluding tert-OH is 1. The highest BCUT2D eigenvalue weighted by Crippen LogP contribution is 2.43. The van der Waals surface area contributed by atoms with E-state index in [0.717, 1.165) is 122 Å². The lowest BCUT2D eigenvalue weighted by Crippen LogP contribution is -2.30. The van der Waals surface area contributed by atoms with E-state index in [9.17, 15) is 28.9 Å². The van der Waals surface area contributed by atoms with Crippen molar-refractivity contribution >= 4 is 25.7 Å². The Morgan fingerprint density at radius 1 is 0.403 bits per heavy atom. The number of aliphatic hydroxyl groups is 1. The van der Waals surface area contributed by atoms with Crippen LogP contribution in [-0.4, -0.2) is 66.5 Å². The van der Waals surface area contributed by atoms with E-state index < -0.39 is 57.8 Å². The second kappa shape index (κ2) is 53.4. The fourth-order valence-corrected chi connectivity index (χ4v) is 7.73. The maximum atomic E-state index is 12.9. The Kier molecular flexibility index (Phi) is 50.6. The second-order valence-electron chi connectivity index (χ2n) is 18.0. The molecule has 0 aliphatic heterocycles. The highest BCUT2D eigenvalue weighted by molar-refractivity contribution is 7.47. The number of hydrogen-bond donors (Lipinski definition) is 2. The summed E-state index contributed by atoms with van der Waals surface area (Å²) in [4.78, 5) is 48.4. The van der Waals surface area contributed by atoms with Gasteiger partial charge in [0.05, 0.1) is 19.8 Å². The van der Waals surface area contributed by atoms with Gasteiger partial charge in [0.15, 0.2) is 6.10 Å². The molecule has 410 valence electrons. The highest BCUT2D eigenvalue weighted by atomic mass is 31.2. The Hall–Kier alpha value is -3.86. The quantitative estimate of drug-likeness (QED) is 0.0197. The van der Waals surface area contributed by atoms with Crippen molar-refractivity contribution in [1.29, 1.82) is 0 Å². The van der Waals surface area contributed by atoms with Crippen molar-refractivity contribution in [3.63, 3.8) is 0 Å². The first-order chi connectivity index (χ1) is 35.2. The van der Waals surface area contributed by atoms with Crippen LogP contribution in [0.4, 0.5) is 0 Å². The number of rotatable bonds is 50. The summed E-state index contributed by atoms with van der Waals surface area (Å²) in [6.07, 6.45) is 63.5. The fraction of sp³-hybridized carbons (Fsp3) is 0.650. The molecule has 11 nitrogen and oxygen atoms in total. The number of unbranched alkanes of at least 4 members (excludes halogenated alkanes) is 15. The SMILES string of the molecule is CC/C=C\C/C=C\C/C=C\C/C=C\C/C=C\C/C=C\CCC(=O)OC(COC(=O)CCCCCCC/C=C\C/C=C\CCC)COP(=O)(O)OCC(CO)OC(=O)CCCCCCC/C=C\CCCCCC. The van der Waals surface area contributed by atoms with Gasteiger partial charge in [0.2, 0.25) is 0 Å².